The predicted octanol–water partition coefficient (Wildman–Crippen LogP) is 5.03. The molecule has 4 nitrogen and oxygen atoms in total. The third-order valence-corrected chi connectivity index (χ3v) is 5.40. The van der Waals surface area contributed by atoms with Crippen LogP contribution in [0, 0.1) is 6.92 Å². The van der Waals surface area contributed by atoms with Gasteiger partial charge in [-0.15, -0.1) is 0 Å². The molecule has 3 rings (SSSR count). The minimum absolute atomic E-state index is 0.221. The summed E-state index contributed by atoms with van der Waals surface area (Å²) >= 11 is 5.95. The summed E-state index contributed by atoms with van der Waals surface area (Å²) in [5.41, 5.74) is 2.29. The second kappa shape index (κ2) is 7.81. The third kappa shape index (κ3) is 4.56. The topological polar surface area (TPSA) is 55.4 Å². The number of rotatable bonds is 6. The number of halogens is 1. The van der Waals surface area contributed by atoms with E-state index in [1.54, 1.807) is 54.6 Å². The molecule has 3 aromatic rings. The van der Waals surface area contributed by atoms with Crippen LogP contribution in [0.1, 0.15) is 11.1 Å². The third-order valence-electron chi connectivity index (χ3n) is 3.76. The quantitative estimate of drug-likeness (QED) is 0.645. The van der Waals surface area contributed by atoms with Gasteiger partial charge < -0.3 is 4.74 Å². The maximum Gasteiger partial charge on any atom is 0.261 e. The molecular formula is C20H18ClNO3S. The Bertz CT molecular complexity index is 1000. The number of anilines is 1. The molecule has 0 atom stereocenters. The molecule has 134 valence electrons. The summed E-state index contributed by atoms with van der Waals surface area (Å²) in [4.78, 5) is 0.221. The molecule has 6 heteroatoms. The summed E-state index contributed by atoms with van der Waals surface area (Å²) in [6.07, 6.45) is 0. The number of benzene rings is 3. The maximum absolute atomic E-state index is 12.4. The van der Waals surface area contributed by atoms with Crippen molar-refractivity contribution in [3.8, 4) is 5.75 Å². The van der Waals surface area contributed by atoms with Gasteiger partial charge in [0.25, 0.3) is 10.0 Å². The van der Waals surface area contributed by atoms with Gasteiger partial charge in [-0.3, -0.25) is 4.72 Å². The van der Waals surface area contributed by atoms with Crippen molar-refractivity contribution in [2.24, 2.45) is 0 Å². The van der Waals surface area contributed by atoms with Gasteiger partial charge in [-0.05, 0) is 60.5 Å². The normalized spacial score (nSPS) is 11.2. The molecule has 0 aliphatic carbocycles. The van der Waals surface area contributed by atoms with Crippen molar-refractivity contribution in [2.75, 3.05) is 4.72 Å². The predicted molar refractivity (Wildman–Crippen MR) is 104 cm³/mol. The zero-order chi connectivity index (χ0) is 18.6. The van der Waals surface area contributed by atoms with E-state index in [0.29, 0.717) is 17.3 Å². The van der Waals surface area contributed by atoms with E-state index >= 15 is 0 Å². The Hall–Kier alpha value is -2.50. The van der Waals surface area contributed by atoms with Gasteiger partial charge in [-0.1, -0.05) is 41.9 Å². The van der Waals surface area contributed by atoms with Crippen molar-refractivity contribution in [3.05, 3.63) is 88.9 Å². The fraction of sp³-hybridized carbons (Fsp3) is 0.100. The van der Waals surface area contributed by atoms with E-state index in [1.165, 1.54) is 0 Å². The van der Waals surface area contributed by atoms with E-state index in [1.807, 2.05) is 25.1 Å². The summed E-state index contributed by atoms with van der Waals surface area (Å²) in [6, 6.07) is 20.8. The van der Waals surface area contributed by atoms with E-state index in [4.69, 9.17) is 16.3 Å². The van der Waals surface area contributed by atoms with Crippen molar-refractivity contribution < 1.29 is 13.2 Å². The van der Waals surface area contributed by atoms with Gasteiger partial charge in [0.05, 0.1) is 4.90 Å². The van der Waals surface area contributed by atoms with E-state index < -0.39 is 10.0 Å². The van der Waals surface area contributed by atoms with E-state index in [0.717, 1.165) is 16.9 Å². The first-order valence-corrected chi connectivity index (χ1v) is 9.86. The van der Waals surface area contributed by atoms with Crippen LogP contribution in [0.2, 0.25) is 5.02 Å². The Labute approximate surface area is 158 Å². The molecule has 0 radical (unpaired) electrons. The summed E-state index contributed by atoms with van der Waals surface area (Å²) in [7, 11) is -3.61. The lowest BCUT2D eigenvalue weighted by Crippen LogP contribution is -2.13. The zero-order valence-electron chi connectivity index (χ0n) is 14.1. The average Bonchev–Trinajstić information content (AvgIpc) is 2.62. The number of hydrogen-bond donors (Lipinski definition) is 1. The Balaban J connectivity index is 1.72. The van der Waals surface area contributed by atoms with E-state index in [9.17, 15) is 8.42 Å². The molecule has 0 saturated carbocycles. The largest absolute Gasteiger partial charge is 0.489 e. The number of hydrogen-bond acceptors (Lipinski definition) is 3. The fourth-order valence-corrected chi connectivity index (χ4v) is 3.77. The van der Waals surface area contributed by atoms with Gasteiger partial charge >= 0.3 is 0 Å². The highest BCUT2D eigenvalue weighted by Gasteiger charge is 2.13. The van der Waals surface area contributed by atoms with Crippen LogP contribution in [0.4, 0.5) is 5.69 Å². The Morgan fingerprint density at radius 2 is 1.73 bits per heavy atom. The lowest BCUT2D eigenvalue weighted by atomic mass is 10.2. The standard InChI is InChI=1S/C20H18ClNO3S/c1-15-12-17(21)10-11-20(15)25-14-16-6-5-7-18(13-16)22-26(23,24)19-8-3-2-4-9-19/h2-13,22H,14H2,1H3. The van der Waals surface area contributed by atoms with Gasteiger partial charge in [0.2, 0.25) is 0 Å². The molecule has 0 unspecified atom stereocenters. The first-order chi connectivity index (χ1) is 12.4. The van der Waals surface area contributed by atoms with Crippen LogP contribution >= 0.6 is 11.6 Å². The molecule has 0 fully saturated rings. The fourth-order valence-electron chi connectivity index (χ4n) is 2.47. The minimum atomic E-state index is -3.61. The lowest BCUT2D eigenvalue weighted by Gasteiger charge is -2.12. The molecule has 0 spiro atoms. The molecule has 1 N–H and O–H groups in total. The van der Waals surface area contributed by atoms with Crippen LogP contribution in [-0.2, 0) is 16.6 Å². The molecule has 0 bridgehead atoms. The van der Waals surface area contributed by atoms with Gasteiger partial charge in [-0.2, -0.15) is 0 Å². The van der Waals surface area contributed by atoms with Crippen LogP contribution in [-0.4, -0.2) is 8.42 Å². The molecule has 0 aliphatic rings. The molecule has 0 aliphatic heterocycles. The SMILES string of the molecule is Cc1cc(Cl)ccc1OCc1cccc(NS(=O)(=O)c2ccccc2)c1. The Morgan fingerprint density at radius 1 is 0.962 bits per heavy atom. The van der Waals surface area contributed by atoms with Gasteiger partial charge in [0, 0.05) is 10.7 Å². The van der Waals surface area contributed by atoms with Crippen molar-refractivity contribution in [2.45, 2.75) is 18.4 Å². The smallest absolute Gasteiger partial charge is 0.261 e. The molecular weight excluding hydrogens is 370 g/mol. The number of aryl methyl sites for hydroxylation is 1. The first-order valence-electron chi connectivity index (χ1n) is 8.00. The molecule has 0 saturated heterocycles. The number of nitrogens with one attached hydrogen (secondary N) is 1. The minimum Gasteiger partial charge on any atom is -0.489 e. The lowest BCUT2D eigenvalue weighted by molar-refractivity contribution is 0.304. The van der Waals surface area contributed by atoms with Gasteiger partial charge in [0.1, 0.15) is 12.4 Å². The first kappa shape index (κ1) is 18.3. The van der Waals surface area contributed by atoms with Crippen LogP contribution < -0.4 is 9.46 Å². The van der Waals surface area contributed by atoms with Crippen LogP contribution in [0.15, 0.2) is 77.7 Å². The van der Waals surface area contributed by atoms with Crippen molar-refractivity contribution >= 4 is 27.3 Å². The highest BCUT2D eigenvalue weighted by molar-refractivity contribution is 7.92. The molecule has 0 heterocycles. The highest BCUT2D eigenvalue weighted by Crippen LogP contribution is 2.23. The molecule has 0 amide bonds. The van der Waals surface area contributed by atoms with E-state index in [-0.39, 0.29) is 4.90 Å². The number of sulfonamides is 1. The summed E-state index contributed by atoms with van der Waals surface area (Å²) in [5.74, 6) is 0.740. The van der Waals surface area contributed by atoms with Crippen molar-refractivity contribution in [3.63, 3.8) is 0 Å². The Kier molecular flexibility index (Phi) is 5.49. The monoisotopic (exact) mass is 387 g/mol. The number of ether oxygens (including phenoxy) is 1. The summed E-state index contributed by atoms with van der Waals surface area (Å²) in [5, 5.41) is 0.659. The summed E-state index contributed by atoms with van der Waals surface area (Å²) in [6.45, 7) is 2.25. The van der Waals surface area contributed by atoms with Gasteiger partial charge in [0.15, 0.2) is 0 Å². The van der Waals surface area contributed by atoms with Crippen LogP contribution in [0.5, 0.6) is 5.75 Å². The highest BCUT2D eigenvalue weighted by atomic mass is 35.5. The van der Waals surface area contributed by atoms with Crippen LogP contribution in [0.3, 0.4) is 0 Å². The second-order valence-electron chi connectivity index (χ2n) is 5.82. The molecule has 3 aromatic carbocycles. The average molecular weight is 388 g/mol. The van der Waals surface area contributed by atoms with Crippen molar-refractivity contribution in [1.82, 2.24) is 0 Å². The summed E-state index contributed by atoms with van der Waals surface area (Å²) < 4.78 is 33.2. The van der Waals surface area contributed by atoms with Crippen molar-refractivity contribution in [1.29, 1.82) is 0 Å². The molecule has 0 aromatic heterocycles. The second-order valence-corrected chi connectivity index (χ2v) is 7.94. The van der Waals surface area contributed by atoms with Crippen LogP contribution in [0.25, 0.3) is 0 Å². The maximum atomic E-state index is 12.4. The molecule has 26 heavy (non-hydrogen) atoms. The van der Waals surface area contributed by atoms with Gasteiger partial charge in [-0.25, -0.2) is 8.42 Å². The van der Waals surface area contributed by atoms with E-state index in [2.05, 4.69) is 4.72 Å². The Morgan fingerprint density at radius 3 is 2.46 bits per heavy atom. The zero-order valence-corrected chi connectivity index (χ0v) is 15.7.